The van der Waals surface area contributed by atoms with Crippen molar-refractivity contribution in [2.75, 3.05) is 50.4 Å². The number of piperazine rings is 1. The Bertz CT molecular complexity index is 673. The van der Waals surface area contributed by atoms with Crippen LogP contribution in [-0.2, 0) is 9.84 Å². The first-order valence-electron chi connectivity index (χ1n) is 8.72. The third kappa shape index (κ3) is 5.11. The second-order valence-corrected chi connectivity index (χ2v) is 10.1. The average molecular weight is 367 g/mol. The summed E-state index contributed by atoms with van der Waals surface area (Å²) in [6.07, 6.45) is 0. The zero-order chi connectivity index (χ0) is 18.5. The third-order valence-corrected chi connectivity index (χ3v) is 7.11. The summed E-state index contributed by atoms with van der Waals surface area (Å²) in [6.45, 7) is 9.15. The van der Waals surface area contributed by atoms with E-state index in [-0.39, 0.29) is 5.75 Å². The molecule has 0 aliphatic carbocycles. The number of benzene rings is 1. The summed E-state index contributed by atoms with van der Waals surface area (Å²) < 4.78 is 23.7. The predicted octanol–water partition coefficient (Wildman–Crippen LogP) is 1.60. The Labute approximate surface area is 151 Å². The number of hydrogen-bond acceptors (Lipinski definition) is 4. The van der Waals surface area contributed by atoms with Gasteiger partial charge >= 0.3 is 0 Å². The van der Waals surface area contributed by atoms with Crippen LogP contribution in [0.1, 0.15) is 20.8 Å². The highest BCUT2D eigenvalue weighted by molar-refractivity contribution is 7.92. The number of sulfone groups is 1. The van der Waals surface area contributed by atoms with Crippen LogP contribution >= 0.6 is 0 Å². The van der Waals surface area contributed by atoms with Crippen molar-refractivity contribution in [3.05, 3.63) is 30.3 Å². The predicted molar refractivity (Wildman–Crippen MR) is 105 cm³/mol. The Morgan fingerprint density at radius 1 is 1.12 bits per heavy atom. The minimum Gasteiger partial charge on any atom is -0.368 e. The highest BCUT2D eigenvalue weighted by Gasteiger charge is 2.28. The van der Waals surface area contributed by atoms with E-state index in [1.54, 1.807) is 27.8 Å². The van der Waals surface area contributed by atoms with Crippen LogP contribution in [0.5, 0.6) is 0 Å². The van der Waals surface area contributed by atoms with Crippen LogP contribution in [-0.4, -0.2) is 69.5 Å². The van der Waals surface area contributed by atoms with Crippen LogP contribution in [0.25, 0.3) is 0 Å². The van der Waals surface area contributed by atoms with Gasteiger partial charge in [-0.3, -0.25) is 4.99 Å². The molecule has 25 heavy (non-hydrogen) atoms. The summed E-state index contributed by atoms with van der Waals surface area (Å²) in [5, 5.41) is 3.20. The van der Waals surface area contributed by atoms with E-state index in [9.17, 15) is 8.42 Å². The Morgan fingerprint density at radius 2 is 1.72 bits per heavy atom. The molecule has 1 heterocycles. The van der Waals surface area contributed by atoms with Crippen molar-refractivity contribution in [3.63, 3.8) is 0 Å². The van der Waals surface area contributed by atoms with E-state index < -0.39 is 14.6 Å². The number of hydrogen-bond donors (Lipinski definition) is 1. The van der Waals surface area contributed by atoms with E-state index in [1.807, 2.05) is 6.07 Å². The molecule has 1 fully saturated rings. The lowest BCUT2D eigenvalue weighted by Gasteiger charge is -2.37. The Morgan fingerprint density at radius 3 is 2.24 bits per heavy atom. The molecule has 140 valence electrons. The quantitative estimate of drug-likeness (QED) is 0.648. The molecule has 2 rings (SSSR count). The second kappa shape index (κ2) is 8.08. The van der Waals surface area contributed by atoms with Crippen molar-refractivity contribution in [2.45, 2.75) is 25.5 Å². The van der Waals surface area contributed by atoms with Gasteiger partial charge in [-0.15, -0.1) is 0 Å². The minimum absolute atomic E-state index is 0.111. The van der Waals surface area contributed by atoms with E-state index in [0.29, 0.717) is 6.54 Å². The molecule has 7 heteroatoms. The van der Waals surface area contributed by atoms with Gasteiger partial charge in [0.25, 0.3) is 0 Å². The molecule has 0 saturated carbocycles. The first-order valence-corrected chi connectivity index (χ1v) is 10.4. The molecule has 0 atom stereocenters. The fourth-order valence-electron chi connectivity index (χ4n) is 2.75. The number of nitrogens with one attached hydrogen (secondary N) is 1. The van der Waals surface area contributed by atoms with Gasteiger partial charge < -0.3 is 15.1 Å². The Kier molecular flexibility index (Phi) is 6.32. The number of nitrogens with zero attached hydrogens (tertiary/aromatic N) is 3. The van der Waals surface area contributed by atoms with Gasteiger partial charge in [-0.25, -0.2) is 8.42 Å². The fraction of sp³-hybridized carbons (Fsp3) is 0.611. The number of para-hydroxylation sites is 1. The molecule has 1 aliphatic rings. The highest BCUT2D eigenvalue weighted by Crippen LogP contribution is 2.16. The van der Waals surface area contributed by atoms with Crippen molar-refractivity contribution in [2.24, 2.45) is 4.99 Å². The molecule has 0 unspecified atom stereocenters. The van der Waals surface area contributed by atoms with Crippen LogP contribution in [0.15, 0.2) is 35.3 Å². The van der Waals surface area contributed by atoms with Gasteiger partial charge in [-0.2, -0.15) is 0 Å². The Hall–Kier alpha value is -1.76. The summed E-state index contributed by atoms with van der Waals surface area (Å²) in [5.74, 6) is 0.885. The molecular formula is C18H30N4O2S. The molecule has 1 aromatic carbocycles. The lowest BCUT2D eigenvalue weighted by Crippen LogP contribution is -2.53. The third-order valence-electron chi connectivity index (χ3n) is 4.50. The second-order valence-electron chi connectivity index (χ2n) is 7.21. The minimum atomic E-state index is -3.12. The molecular weight excluding hydrogens is 336 g/mol. The van der Waals surface area contributed by atoms with Crippen LogP contribution in [0.4, 0.5) is 5.69 Å². The molecule has 0 spiro atoms. The van der Waals surface area contributed by atoms with Crippen LogP contribution in [0, 0.1) is 0 Å². The summed E-state index contributed by atoms with van der Waals surface area (Å²) in [6, 6.07) is 10.4. The van der Waals surface area contributed by atoms with Gasteiger partial charge in [0, 0.05) is 45.5 Å². The van der Waals surface area contributed by atoms with E-state index in [4.69, 9.17) is 0 Å². The molecule has 0 bridgehead atoms. The smallest absolute Gasteiger partial charge is 0.193 e. The first-order chi connectivity index (χ1) is 11.7. The fourth-order valence-corrected chi connectivity index (χ4v) is 3.73. The summed E-state index contributed by atoms with van der Waals surface area (Å²) in [4.78, 5) is 8.85. The van der Waals surface area contributed by atoms with E-state index in [2.05, 4.69) is 44.4 Å². The van der Waals surface area contributed by atoms with E-state index in [0.717, 1.165) is 32.1 Å². The van der Waals surface area contributed by atoms with E-state index in [1.165, 1.54) is 5.69 Å². The number of aliphatic imine (C=N–C) groups is 1. The molecule has 1 saturated heterocycles. The summed E-state index contributed by atoms with van der Waals surface area (Å²) in [7, 11) is -1.38. The maximum absolute atomic E-state index is 12.2. The molecule has 1 aliphatic heterocycles. The highest BCUT2D eigenvalue weighted by atomic mass is 32.2. The molecule has 0 amide bonds. The molecule has 1 N–H and O–H groups in total. The monoisotopic (exact) mass is 366 g/mol. The first kappa shape index (κ1) is 19.6. The summed E-state index contributed by atoms with van der Waals surface area (Å²) in [5.41, 5.74) is 1.24. The lowest BCUT2D eigenvalue weighted by molar-refractivity contribution is 0.373. The van der Waals surface area contributed by atoms with E-state index >= 15 is 0 Å². The van der Waals surface area contributed by atoms with Crippen molar-refractivity contribution < 1.29 is 8.42 Å². The van der Waals surface area contributed by atoms with Crippen LogP contribution < -0.4 is 10.2 Å². The standard InChI is InChI=1S/C18H30N4O2S/c1-18(2,3)25(23,24)15-10-20-17(19-4)22-13-11-21(12-14-22)16-8-6-5-7-9-16/h5-9H,10-15H2,1-4H3,(H,19,20). The number of guanidine groups is 1. The molecule has 6 nitrogen and oxygen atoms in total. The van der Waals surface area contributed by atoms with Crippen molar-refractivity contribution >= 4 is 21.5 Å². The maximum Gasteiger partial charge on any atom is 0.193 e. The Balaban J connectivity index is 1.85. The molecule has 1 aromatic rings. The van der Waals surface area contributed by atoms with Crippen LogP contribution in [0.3, 0.4) is 0 Å². The van der Waals surface area contributed by atoms with Gasteiger partial charge in [0.2, 0.25) is 0 Å². The number of anilines is 1. The zero-order valence-corrected chi connectivity index (χ0v) is 16.5. The van der Waals surface area contributed by atoms with Gasteiger partial charge in [0.15, 0.2) is 15.8 Å². The van der Waals surface area contributed by atoms with Gasteiger partial charge in [-0.05, 0) is 32.9 Å². The summed E-state index contributed by atoms with van der Waals surface area (Å²) >= 11 is 0. The molecule has 0 aromatic heterocycles. The van der Waals surface area contributed by atoms with Gasteiger partial charge in [-0.1, -0.05) is 18.2 Å². The largest absolute Gasteiger partial charge is 0.368 e. The van der Waals surface area contributed by atoms with Gasteiger partial charge in [0.1, 0.15) is 0 Å². The average Bonchev–Trinajstić information content (AvgIpc) is 2.59. The van der Waals surface area contributed by atoms with Gasteiger partial charge in [0.05, 0.1) is 10.5 Å². The number of rotatable bonds is 4. The van der Waals surface area contributed by atoms with Crippen LogP contribution in [0.2, 0.25) is 0 Å². The van der Waals surface area contributed by atoms with Crippen molar-refractivity contribution in [1.82, 2.24) is 10.2 Å². The maximum atomic E-state index is 12.2. The SMILES string of the molecule is CN=C(NCCS(=O)(=O)C(C)(C)C)N1CCN(c2ccccc2)CC1. The zero-order valence-electron chi connectivity index (χ0n) is 15.7. The molecule has 0 radical (unpaired) electrons. The topological polar surface area (TPSA) is 65.0 Å². The normalized spacial score (nSPS) is 16.9. The van der Waals surface area contributed by atoms with Crippen molar-refractivity contribution in [1.29, 1.82) is 0 Å². The van der Waals surface area contributed by atoms with Crippen molar-refractivity contribution in [3.8, 4) is 0 Å². The lowest BCUT2D eigenvalue weighted by atomic mass is 10.2.